The Morgan fingerprint density at radius 3 is 2.14 bits per heavy atom. The molecule has 1 aliphatic heterocycles. The van der Waals surface area contributed by atoms with Gasteiger partial charge in [0.1, 0.15) is 11.5 Å². The molecule has 1 aliphatic rings. The van der Waals surface area contributed by atoms with Crippen molar-refractivity contribution in [3.8, 4) is 17.2 Å². The Morgan fingerprint density at radius 1 is 0.946 bits per heavy atom. The van der Waals surface area contributed by atoms with Gasteiger partial charge in [-0.1, -0.05) is 31.2 Å². The molecule has 0 fully saturated rings. The molecule has 192 valence electrons. The molecule has 0 radical (unpaired) electrons. The van der Waals surface area contributed by atoms with Crippen LogP contribution >= 0.6 is 0 Å². The average Bonchev–Trinajstić information content (AvgIpc) is 3.21. The van der Waals surface area contributed by atoms with Crippen LogP contribution in [-0.4, -0.2) is 17.9 Å². The molecule has 0 bridgehead atoms. The molecule has 3 aromatic rings. The Morgan fingerprint density at radius 2 is 1.54 bits per heavy atom. The lowest BCUT2D eigenvalue weighted by Gasteiger charge is -2.16. The first-order chi connectivity index (χ1) is 17.5. The van der Waals surface area contributed by atoms with Crippen molar-refractivity contribution in [3.05, 3.63) is 93.5 Å². The zero-order chi connectivity index (χ0) is 27.0. The highest BCUT2D eigenvalue weighted by Gasteiger charge is 2.32. The molecule has 1 atom stereocenters. The SMILES string of the molecule is CCc1ccc(/C=C2\Oc3c(ccc(OC(=O)C(C)Oc4c(F)c(F)c(F)c(F)c4F)c3C)C2=O)cc1. The molecule has 0 saturated heterocycles. The van der Waals surface area contributed by atoms with Crippen LogP contribution < -0.4 is 14.2 Å². The van der Waals surface area contributed by atoms with Gasteiger partial charge >= 0.3 is 5.97 Å². The molecule has 0 N–H and O–H groups in total. The van der Waals surface area contributed by atoms with Crippen LogP contribution in [0.3, 0.4) is 0 Å². The van der Waals surface area contributed by atoms with Crippen LogP contribution in [0.1, 0.15) is 40.9 Å². The number of allylic oxidation sites excluding steroid dienone is 1. The van der Waals surface area contributed by atoms with E-state index in [-0.39, 0.29) is 34.2 Å². The predicted molar refractivity (Wildman–Crippen MR) is 122 cm³/mol. The summed E-state index contributed by atoms with van der Waals surface area (Å²) >= 11 is 0. The van der Waals surface area contributed by atoms with Crippen molar-refractivity contribution in [2.24, 2.45) is 0 Å². The van der Waals surface area contributed by atoms with Gasteiger partial charge in [0.2, 0.25) is 34.9 Å². The highest BCUT2D eigenvalue weighted by atomic mass is 19.2. The van der Waals surface area contributed by atoms with Gasteiger partial charge in [-0.2, -0.15) is 8.78 Å². The molecule has 0 spiro atoms. The summed E-state index contributed by atoms with van der Waals surface area (Å²) in [5.41, 5.74) is 2.38. The molecule has 10 heteroatoms. The maximum absolute atomic E-state index is 13.9. The van der Waals surface area contributed by atoms with Crippen LogP contribution in [-0.2, 0) is 11.2 Å². The number of hydrogen-bond donors (Lipinski definition) is 0. The Balaban J connectivity index is 1.53. The van der Waals surface area contributed by atoms with Crippen molar-refractivity contribution in [3.63, 3.8) is 0 Å². The average molecular weight is 518 g/mol. The molecular weight excluding hydrogens is 499 g/mol. The number of ether oxygens (including phenoxy) is 3. The van der Waals surface area contributed by atoms with Gasteiger partial charge in [0.25, 0.3) is 0 Å². The van der Waals surface area contributed by atoms with Gasteiger partial charge in [-0.15, -0.1) is 0 Å². The number of benzene rings is 3. The van der Waals surface area contributed by atoms with Crippen molar-refractivity contribution in [2.45, 2.75) is 33.3 Å². The lowest BCUT2D eigenvalue weighted by atomic mass is 10.0. The number of fused-ring (bicyclic) bond motifs is 1. The molecule has 5 nitrogen and oxygen atoms in total. The number of hydrogen-bond acceptors (Lipinski definition) is 5. The smallest absolute Gasteiger partial charge is 0.352 e. The minimum Gasteiger partial charge on any atom is -0.473 e. The van der Waals surface area contributed by atoms with E-state index in [0.29, 0.717) is 0 Å². The molecule has 4 rings (SSSR count). The van der Waals surface area contributed by atoms with Crippen LogP contribution in [0.5, 0.6) is 17.2 Å². The van der Waals surface area contributed by atoms with Crippen molar-refractivity contribution in [1.82, 2.24) is 0 Å². The number of carbonyl (C=O) groups excluding carboxylic acids is 2. The predicted octanol–water partition coefficient (Wildman–Crippen LogP) is 6.24. The van der Waals surface area contributed by atoms with Crippen molar-refractivity contribution in [2.75, 3.05) is 0 Å². The minimum absolute atomic E-state index is 0.0574. The van der Waals surface area contributed by atoms with Gasteiger partial charge in [0.15, 0.2) is 17.6 Å². The number of ketones is 1. The summed E-state index contributed by atoms with van der Waals surface area (Å²) in [5.74, 6) is -14.2. The lowest BCUT2D eigenvalue weighted by Crippen LogP contribution is -2.29. The van der Waals surface area contributed by atoms with Crippen LogP contribution in [0.4, 0.5) is 22.0 Å². The van der Waals surface area contributed by atoms with E-state index < -0.39 is 46.9 Å². The van der Waals surface area contributed by atoms with E-state index in [0.717, 1.165) is 24.5 Å². The fraction of sp³-hybridized carbons (Fsp3) is 0.185. The topological polar surface area (TPSA) is 61.8 Å². The van der Waals surface area contributed by atoms with E-state index in [4.69, 9.17) is 14.2 Å². The normalized spacial score (nSPS) is 14.4. The maximum Gasteiger partial charge on any atom is 0.352 e. The van der Waals surface area contributed by atoms with Crippen LogP contribution in [0.15, 0.2) is 42.2 Å². The van der Waals surface area contributed by atoms with E-state index >= 15 is 0 Å². The zero-order valence-electron chi connectivity index (χ0n) is 19.8. The first-order valence-electron chi connectivity index (χ1n) is 11.1. The summed E-state index contributed by atoms with van der Waals surface area (Å²) in [4.78, 5) is 25.3. The highest BCUT2D eigenvalue weighted by Crippen LogP contribution is 2.39. The molecule has 0 aliphatic carbocycles. The first-order valence-corrected chi connectivity index (χ1v) is 11.1. The summed E-state index contributed by atoms with van der Waals surface area (Å²) in [6.45, 7) is 4.55. The molecule has 0 aromatic heterocycles. The highest BCUT2D eigenvalue weighted by molar-refractivity contribution is 6.15. The third-order valence-electron chi connectivity index (χ3n) is 5.73. The second kappa shape index (κ2) is 10.0. The fourth-order valence-electron chi connectivity index (χ4n) is 3.58. The first kappa shape index (κ1) is 25.9. The Hall–Kier alpha value is -4.21. The van der Waals surface area contributed by atoms with Gasteiger partial charge in [0.05, 0.1) is 5.56 Å². The Kier molecular flexibility index (Phi) is 7.02. The summed E-state index contributed by atoms with van der Waals surface area (Å²) in [5, 5.41) is 0. The van der Waals surface area contributed by atoms with E-state index in [2.05, 4.69) is 0 Å². The maximum atomic E-state index is 13.9. The van der Waals surface area contributed by atoms with Gasteiger partial charge in [-0.3, -0.25) is 4.79 Å². The number of halogens is 5. The van der Waals surface area contributed by atoms with E-state index in [1.165, 1.54) is 19.1 Å². The zero-order valence-corrected chi connectivity index (χ0v) is 19.8. The monoisotopic (exact) mass is 518 g/mol. The second-order valence-corrected chi connectivity index (χ2v) is 8.18. The Labute approximate surface area is 208 Å². The quantitative estimate of drug-likeness (QED) is 0.0966. The third kappa shape index (κ3) is 4.78. The van der Waals surface area contributed by atoms with Crippen LogP contribution in [0.25, 0.3) is 6.08 Å². The number of aryl methyl sites for hydroxylation is 1. The number of rotatable bonds is 6. The number of esters is 1. The van der Waals surface area contributed by atoms with E-state index in [1.54, 1.807) is 6.08 Å². The fourth-order valence-corrected chi connectivity index (χ4v) is 3.58. The number of carbonyl (C=O) groups is 2. The van der Waals surface area contributed by atoms with Gasteiger partial charge in [0, 0.05) is 5.56 Å². The van der Waals surface area contributed by atoms with E-state index in [9.17, 15) is 31.5 Å². The van der Waals surface area contributed by atoms with Crippen LogP contribution in [0, 0.1) is 36.0 Å². The third-order valence-corrected chi connectivity index (χ3v) is 5.73. The number of Topliss-reactive ketones (excluding diaryl/α,β-unsaturated/α-hetero) is 1. The molecule has 1 unspecified atom stereocenters. The summed E-state index contributed by atoms with van der Waals surface area (Å²) < 4.78 is 83.5. The van der Waals surface area contributed by atoms with Gasteiger partial charge in [-0.05, 0) is 49.6 Å². The van der Waals surface area contributed by atoms with Gasteiger partial charge in [-0.25, -0.2) is 18.0 Å². The second-order valence-electron chi connectivity index (χ2n) is 8.18. The van der Waals surface area contributed by atoms with Crippen molar-refractivity contribution < 1.29 is 45.8 Å². The molecule has 37 heavy (non-hydrogen) atoms. The van der Waals surface area contributed by atoms with E-state index in [1.807, 2.05) is 31.2 Å². The van der Waals surface area contributed by atoms with Gasteiger partial charge < -0.3 is 14.2 Å². The van der Waals surface area contributed by atoms with Crippen LogP contribution in [0.2, 0.25) is 0 Å². The Bertz CT molecular complexity index is 1420. The lowest BCUT2D eigenvalue weighted by molar-refractivity contribution is -0.141. The molecule has 1 heterocycles. The standard InChI is InChI=1S/C27H19F5O5/c1-4-14-5-7-15(8-6-14)11-18-24(33)16-9-10-17(12(2)25(16)36-18)37-27(34)13(3)35-26-22(31)20(29)19(28)21(30)23(26)32/h5-11,13H,4H2,1-3H3/b18-11-. The molecular formula is C27H19F5O5. The van der Waals surface area contributed by atoms with Crippen molar-refractivity contribution in [1.29, 1.82) is 0 Å². The molecule has 0 saturated carbocycles. The summed E-state index contributed by atoms with van der Waals surface area (Å²) in [6, 6.07) is 10.2. The minimum atomic E-state index is -2.35. The molecule has 0 amide bonds. The summed E-state index contributed by atoms with van der Waals surface area (Å²) in [6.07, 6.45) is 0.682. The largest absolute Gasteiger partial charge is 0.473 e. The summed E-state index contributed by atoms with van der Waals surface area (Å²) in [7, 11) is 0. The van der Waals surface area contributed by atoms with Crippen molar-refractivity contribution >= 4 is 17.8 Å². The molecule has 3 aromatic carbocycles.